The molecule has 1 heterocycles. The van der Waals surface area contributed by atoms with Crippen LogP contribution in [0, 0.1) is 5.92 Å². The van der Waals surface area contributed by atoms with Gasteiger partial charge in [0.15, 0.2) is 23.0 Å². The predicted molar refractivity (Wildman–Crippen MR) is 226 cm³/mol. The Morgan fingerprint density at radius 1 is 0.518 bits per heavy atom. The molecule has 3 nitrogen and oxygen atoms in total. The predicted octanol–water partition coefficient (Wildman–Crippen LogP) is 13.7. The van der Waals surface area contributed by atoms with E-state index in [9.17, 15) is 0 Å². The summed E-state index contributed by atoms with van der Waals surface area (Å²) in [5, 5.41) is 0. The maximum Gasteiger partial charge on any atom is 0.178 e. The van der Waals surface area contributed by atoms with E-state index in [-0.39, 0.29) is 0 Å². The van der Waals surface area contributed by atoms with Crippen molar-refractivity contribution in [2.45, 2.75) is 11.8 Å². The number of anilines is 2. The molecule has 0 fully saturated rings. The highest BCUT2D eigenvalue weighted by Gasteiger charge is 2.53. The monoisotopic (exact) mass is 717 g/mol. The van der Waals surface area contributed by atoms with Gasteiger partial charge < -0.3 is 14.4 Å². The Labute approximate surface area is 326 Å². The second-order valence-corrected chi connectivity index (χ2v) is 15.1. The SMILES string of the molecule is C1=CC2=C(N(c3ccc4c(c3)Oc3c(ccc5c3-c3ccccc3C53c5ccccc5-c5ccccc53)O4)c3ccccc3-c3ccccc3)C=CCC2C=C1. The van der Waals surface area contributed by atoms with Gasteiger partial charge in [0.25, 0.3) is 0 Å². The fraction of sp³-hybridized carbons (Fsp3) is 0.0566. The van der Waals surface area contributed by atoms with Gasteiger partial charge in [-0.1, -0.05) is 158 Å². The Morgan fingerprint density at radius 2 is 1.18 bits per heavy atom. The molecule has 1 spiro atoms. The van der Waals surface area contributed by atoms with Gasteiger partial charge in [0.2, 0.25) is 0 Å². The van der Waals surface area contributed by atoms with Crippen molar-refractivity contribution in [3.8, 4) is 56.4 Å². The van der Waals surface area contributed by atoms with Gasteiger partial charge in [-0.2, -0.15) is 0 Å². The molecule has 0 bridgehead atoms. The highest BCUT2D eigenvalue weighted by Crippen LogP contribution is 2.66. The molecule has 7 aromatic rings. The summed E-state index contributed by atoms with van der Waals surface area (Å²) < 4.78 is 14.0. The van der Waals surface area contributed by atoms with Crippen LogP contribution < -0.4 is 14.4 Å². The Balaban J connectivity index is 1.05. The zero-order valence-electron chi connectivity index (χ0n) is 30.5. The standard InChI is InChI=1S/C53H35NO2/c1-2-15-34(16-3-1)37-20-9-13-27-46(37)54(47-28-14-18-35-17-4-5-19-38(35)47)36-29-31-48-50(33-36)56-52-49(55-48)32-30-45-51(52)41-23-8-12-26-44(41)53(45)42-24-10-6-21-39(42)40-22-7-11-25-43(40)53/h1-17,19-33,35H,18H2. The zero-order chi connectivity index (χ0) is 36.8. The normalized spacial score (nSPS) is 16.8. The van der Waals surface area contributed by atoms with Crippen LogP contribution in [0.25, 0.3) is 33.4 Å². The van der Waals surface area contributed by atoms with Crippen molar-refractivity contribution in [1.29, 1.82) is 0 Å². The molecule has 0 N–H and O–H groups in total. The summed E-state index contributed by atoms with van der Waals surface area (Å²) in [6, 6.07) is 56.7. The Morgan fingerprint density at radius 3 is 1.96 bits per heavy atom. The number of benzene rings is 7. The minimum atomic E-state index is -0.461. The quantitative estimate of drug-likeness (QED) is 0.181. The van der Waals surface area contributed by atoms with Gasteiger partial charge in [-0.3, -0.25) is 0 Å². The average molecular weight is 718 g/mol. The molecule has 0 radical (unpaired) electrons. The van der Waals surface area contributed by atoms with Crippen molar-refractivity contribution in [2.24, 2.45) is 5.92 Å². The molecule has 0 amide bonds. The highest BCUT2D eigenvalue weighted by atomic mass is 16.6. The maximum atomic E-state index is 7.18. The molecular weight excluding hydrogens is 683 g/mol. The van der Waals surface area contributed by atoms with Crippen molar-refractivity contribution < 1.29 is 9.47 Å². The van der Waals surface area contributed by atoms with Crippen LogP contribution in [-0.4, -0.2) is 0 Å². The van der Waals surface area contributed by atoms with Gasteiger partial charge in [-0.15, -0.1) is 0 Å². The van der Waals surface area contributed by atoms with E-state index in [1.807, 2.05) is 0 Å². The number of para-hydroxylation sites is 1. The van der Waals surface area contributed by atoms with E-state index >= 15 is 0 Å². The fourth-order valence-corrected chi connectivity index (χ4v) is 9.97. The topological polar surface area (TPSA) is 21.7 Å². The highest BCUT2D eigenvalue weighted by molar-refractivity contribution is 5.98. The third-order valence-corrected chi connectivity index (χ3v) is 12.3. The molecule has 4 aliphatic carbocycles. The first-order valence-corrected chi connectivity index (χ1v) is 19.5. The van der Waals surface area contributed by atoms with Gasteiger partial charge in [0.05, 0.1) is 16.8 Å². The molecular formula is C53H35NO2. The fourth-order valence-electron chi connectivity index (χ4n) is 9.97. The van der Waals surface area contributed by atoms with Gasteiger partial charge in [0.1, 0.15) is 0 Å². The molecule has 1 aliphatic heterocycles. The van der Waals surface area contributed by atoms with E-state index in [0.29, 0.717) is 17.4 Å². The summed E-state index contributed by atoms with van der Waals surface area (Å²) >= 11 is 0. The summed E-state index contributed by atoms with van der Waals surface area (Å²) in [6.07, 6.45) is 14.5. The lowest BCUT2D eigenvalue weighted by molar-refractivity contribution is 0.360. The number of ether oxygens (including phenoxy) is 2. The van der Waals surface area contributed by atoms with Crippen LogP contribution in [0.1, 0.15) is 28.7 Å². The van der Waals surface area contributed by atoms with Crippen molar-refractivity contribution in [1.82, 2.24) is 0 Å². The molecule has 12 rings (SSSR count). The van der Waals surface area contributed by atoms with Gasteiger partial charge in [-0.05, 0) is 86.8 Å². The molecule has 3 heteroatoms. The first kappa shape index (κ1) is 31.3. The zero-order valence-corrected chi connectivity index (χ0v) is 30.5. The van der Waals surface area contributed by atoms with E-state index in [1.54, 1.807) is 0 Å². The smallest absolute Gasteiger partial charge is 0.178 e. The van der Waals surface area contributed by atoms with Crippen LogP contribution >= 0.6 is 0 Å². The van der Waals surface area contributed by atoms with Crippen LogP contribution in [0.4, 0.5) is 11.4 Å². The van der Waals surface area contributed by atoms with Crippen LogP contribution in [0.2, 0.25) is 0 Å². The summed E-state index contributed by atoms with van der Waals surface area (Å²) in [7, 11) is 0. The van der Waals surface area contributed by atoms with E-state index < -0.39 is 5.41 Å². The third kappa shape index (κ3) is 4.28. The summed E-state index contributed by atoms with van der Waals surface area (Å²) in [5.74, 6) is 3.19. The molecule has 0 aromatic heterocycles. The lowest BCUT2D eigenvalue weighted by Crippen LogP contribution is -2.25. The first-order valence-electron chi connectivity index (χ1n) is 19.5. The van der Waals surface area contributed by atoms with Crippen molar-refractivity contribution in [2.75, 3.05) is 4.90 Å². The van der Waals surface area contributed by atoms with Crippen molar-refractivity contribution in [3.63, 3.8) is 0 Å². The minimum absolute atomic E-state index is 0.316. The Kier molecular flexibility index (Phi) is 6.67. The number of rotatable bonds is 4. The largest absolute Gasteiger partial charge is 0.449 e. The third-order valence-electron chi connectivity index (χ3n) is 12.3. The van der Waals surface area contributed by atoms with Crippen LogP contribution in [0.3, 0.4) is 0 Å². The van der Waals surface area contributed by atoms with E-state index in [0.717, 1.165) is 46.1 Å². The molecule has 1 unspecified atom stereocenters. The van der Waals surface area contributed by atoms with Crippen LogP contribution in [0.5, 0.6) is 23.0 Å². The van der Waals surface area contributed by atoms with Gasteiger partial charge in [-0.25, -0.2) is 0 Å². The summed E-state index contributed by atoms with van der Waals surface area (Å²) in [4.78, 5) is 2.40. The second kappa shape index (κ2) is 11.9. The Hall–Kier alpha value is -7.10. The molecule has 5 aliphatic rings. The first-order chi connectivity index (χ1) is 27.8. The van der Waals surface area contributed by atoms with Crippen LogP contribution in [0.15, 0.2) is 205 Å². The van der Waals surface area contributed by atoms with Crippen LogP contribution in [-0.2, 0) is 5.41 Å². The van der Waals surface area contributed by atoms with E-state index in [2.05, 4.69) is 199 Å². The molecule has 0 saturated heterocycles. The van der Waals surface area contributed by atoms with E-state index in [1.165, 1.54) is 50.1 Å². The lowest BCUT2D eigenvalue weighted by Gasteiger charge is -2.34. The maximum absolute atomic E-state index is 7.18. The molecule has 264 valence electrons. The number of nitrogens with zero attached hydrogens (tertiary/aromatic N) is 1. The molecule has 7 aromatic carbocycles. The lowest BCUT2D eigenvalue weighted by atomic mass is 9.70. The number of hydrogen-bond donors (Lipinski definition) is 0. The summed E-state index contributed by atoms with van der Waals surface area (Å²) in [6.45, 7) is 0. The Bertz CT molecular complexity index is 2870. The van der Waals surface area contributed by atoms with Gasteiger partial charge in [0, 0.05) is 28.8 Å². The molecule has 1 atom stereocenters. The number of allylic oxidation sites excluding steroid dienone is 7. The molecule has 56 heavy (non-hydrogen) atoms. The van der Waals surface area contributed by atoms with Crippen molar-refractivity contribution in [3.05, 3.63) is 228 Å². The summed E-state index contributed by atoms with van der Waals surface area (Å²) in [5.41, 5.74) is 16.3. The second-order valence-electron chi connectivity index (χ2n) is 15.1. The van der Waals surface area contributed by atoms with Gasteiger partial charge >= 0.3 is 0 Å². The minimum Gasteiger partial charge on any atom is -0.449 e. The average Bonchev–Trinajstić information content (AvgIpc) is 3.74. The van der Waals surface area contributed by atoms with Crippen molar-refractivity contribution >= 4 is 11.4 Å². The number of hydrogen-bond acceptors (Lipinski definition) is 3. The van der Waals surface area contributed by atoms with E-state index in [4.69, 9.17) is 9.47 Å². The molecule has 0 saturated carbocycles. The number of fused-ring (bicyclic) bond motifs is 14.